The van der Waals surface area contributed by atoms with Crippen LogP contribution in [-0.2, 0) is 0 Å². The van der Waals surface area contributed by atoms with Gasteiger partial charge in [0, 0.05) is 6.20 Å². The number of imidazole rings is 1. The third-order valence-corrected chi connectivity index (χ3v) is 3.13. The fraction of sp³-hybridized carbons (Fsp3) is 0.188. The van der Waals surface area contributed by atoms with Crippen molar-refractivity contribution in [2.24, 2.45) is 10.2 Å². The monoisotopic (exact) mass is 298 g/mol. The minimum Gasteiger partial charge on any atom is -0.494 e. The van der Waals surface area contributed by atoms with Gasteiger partial charge in [-0.05, 0) is 50.2 Å². The Bertz CT molecular complexity index is 824. The van der Waals surface area contributed by atoms with Crippen LogP contribution in [0.2, 0.25) is 0 Å². The molecule has 0 unspecified atom stereocenters. The van der Waals surface area contributed by atoms with E-state index in [1.54, 1.807) is 10.5 Å². The van der Waals surface area contributed by atoms with Crippen LogP contribution in [0.4, 0.5) is 15.9 Å². The van der Waals surface area contributed by atoms with E-state index in [2.05, 4.69) is 15.2 Å². The van der Waals surface area contributed by atoms with Crippen LogP contribution in [-0.4, -0.2) is 16.0 Å². The van der Waals surface area contributed by atoms with Gasteiger partial charge in [-0.2, -0.15) is 0 Å². The molecule has 112 valence electrons. The van der Waals surface area contributed by atoms with Gasteiger partial charge >= 0.3 is 0 Å². The van der Waals surface area contributed by atoms with Gasteiger partial charge in [0.2, 0.25) is 0 Å². The van der Waals surface area contributed by atoms with Crippen LogP contribution in [0.5, 0.6) is 5.75 Å². The van der Waals surface area contributed by atoms with Crippen molar-refractivity contribution in [3.63, 3.8) is 0 Å². The lowest BCUT2D eigenvalue weighted by Gasteiger charge is -2.01. The molecule has 5 nitrogen and oxygen atoms in total. The van der Waals surface area contributed by atoms with E-state index in [1.165, 1.54) is 12.3 Å². The van der Waals surface area contributed by atoms with Crippen LogP contribution in [0, 0.1) is 12.7 Å². The molecule has 3 rings (SSSR count). The summed E-state index contributed by atoms with van der Waals surface area (Å²) in [6.45, 7) is 4.37. The Balaban J connectivity index is 1.91. The highest BCUT2D eigenvalue weighted by molar-refractivity contribution is 5.52. The molecule has 0 bridgehead atoms. The second-order valence-corrected chi connectivity index (χ2v) is 4.72. The Morgan fingerprint density at radius 2 is 1.91 bits per heavy atom. The number of hydrogen-bond acceptors (Lipinski definition) is 4. The molecule has 0 amide bonds. The first-order valence-corrected chi connectivity index (χ1v) is 6.96. The van der Waals surface area contributed by atoms with Crippen LogP contribution in [0.15, 0.2) is 52.8 Å². The number of pyridine rings is 1. The van der Waals surface area contributed by atoms with Crippen molar-refractivity contribution < 1.29 is 9.13 Å². The highest BCUT2D eigenvalue weighted by Gasteiger charge is 2.08. The van der Waals surface area contributed by atoms with Crippen molar-refractivity contribution in [1.82, 2.24) is 9.38 Å². The molecule has 1 aromatic carbocycles. The van der Waals surface area contributed by atoms with Crippen LogP contribution in [0.3, 0.4) is 0 Å². The topological polar surface area (TPSA) is 51.2 Å². The summed E-state index contributed by atoms with van der Waals surface area (Å²) in [5.74, 6) is 0.959. The normalized spacial score (nSPS) is 11.4. The molecule has 3 aromatic rings. The molecule has 0 aliphatic carbocycles. The number of halogens is 1. The number of azo groups is 1. The summed E-state index contributed by atoms with van der Waals surface area (Å²) in [6, 6.07) is 10.3. The largest absolute Gasteiger partial charge is 0.494 e. The first-order valence-electron chi connectivity index (χ1n) is 6.96. The summed E-state index contributed by atoms with van der Waals surface area (Å²) in [4.78, 5) is 4.33. The number of aryl methyl sites for hydroxylation is 1. The molecular weight excluding hydrogens is 283 g/mol. The van der Waals surface area contributed by atoms with Crippen LogP contribution in [0.1, 0.15) is 12.6 Å². The van der Waals surface area contributed by atoms with Crippen LogP contribution in [0.25, 0.3) is 5.65 Å². The standard InChI is InChI=1S/C16H15FN4O/c1-3-22-14-7-5-13(6-8-14)19-20-16-11(2)18-15-9-4-12(17)10-21(15)16/h4-10H,3H2,1-2H3. The Morgan fingerprint density at radius 1 is 1.14 bits per heavy atom. The van der Waals surface area contributed by atoms with E-state index >= 15 is 0 Å². The first-order chi connectivity index (χ1) is 10.7. The second kappa shape index (κ2) is 5.93. The number of rotatable bonds is 4. The minimum absolute atomic E-state index is 0.345. The van der Waals surface area contributed by atoms with Gasteiger partial charge in [-0.15, -0.1) is 10.2 Å². The smallest absolute Gasteiger partial charge is 0.182 e. The molecule has 0 aliphatic rings. The summed E-state index contributed by atoms with van der Waals surface area (Å²) in [5.41, 5.74) is 2.02. The summed E-state index contributed by atoms with van der Waals surface area (Å²) < 4.78 is 20.3. The maximum absolute atomic E-state index is 13.4. The molecule has 2 heterocycles. The van der Waals surface area contributed by atoms with E-state index in [-0.39, 0.29) is 5.82 Å². The van der Waals surface area contributed by atoms with Gasteiger partial charge < -0.3 is 4.74 Å². The Hall–Kier alpha value is -2.76. The molecular formula is C16H15FN4O. The lowest BCUT2D eigenvalue weighted by Crippen LogP contribution is -1.89. The molecule has 0 fully saturated rings. The molecule has 0 aliphatic heterocycles. The zero-order valence-corrected chi connectivity index (χ0v) is 12.3. The minimum atomic E-state index is -0.345. The molecule has 0 N–H and O–H groups in total. The van der Waals surface area contributed by atoms with Crippen molar-refractivity contribution in [2.75, 3.05) is 6.61 Å². The van der Waals surface area contributed by atoms with Crippen molar-refractivity contribution in [3.8, 4) is 5.75 Å². The van der Waals surface area contributed by atoms with E-state index in [0.29, 0.717) is 29.5 Å². The van der Waals surface area contributed by atoms with Gasteiger partial charge in [0.05, 0.1) is 18.0 Å². The van der Waals surface area contributed by atoms with Crippen LogP contribution >= 0.6 is 0 Å². The maximum atomic E-state index is 13.4. The molecule has 6 heteroatoms. The lowest BCUT2D eigenvalue weighted by molar-refractivity contribution is 0.340. The van der Waals surface area contributed by atoms with Gasteiger partial charge in [-0.1, -0.05) is 0 Å². The summed E-state index contributed by atoms with van der Waals surface area (Å²) in [7, 11) is 0. The molecule has 0 saturated carbocycles. The van der Waals surface area contributed by atoms with Crippen molar-refractivity contribution in [1.29, 1.82) is 0 Å². The van der Waals surface area contributed by atoms with Crippen molar-refractivity contribution >= 4 is 17.2 Å². The van der Waals surface area contributed by atoms with E-state index < -0.39 is 0 Å². The number of hydrogen-bond donors (Lipinski definition) is 0. The molecule has 22 heavy (non-hydrogen) atoms. The third-order valence-electron chi connectivity index (χ3n) is 3.13. The highest BCUT2D eigenvalue weighted by atomic mass is 19.1. The second-order valence-electron chi connectivity index (χ2n) is 4.72. The van der Waals surface area contributed by atoms with Crippen molar-refractivity contribution in [3.05, 3.63) is 54.1 Å². The average Bonchev–Trinajstić information content (AvgIpc) is 2.82. The van der Waals surface area contributed by atoms with Gasteiger partial charge in [0.15, 0.2) is 5.82 Å². The fourth-order valence-corrected chi connectivity index (χ4v) is 2.13. The number of aromatic nitrogens is 2. The van der Waals surface area contributed by atoms with E-state index in [4.69, 9.17) is 4.74 Å². The Kier molecular flexibility index (Phi) is 3.82. The number of fused-ring (bicyclic) bond motifs is 1. The van der Waals surface area contributed by atoms with Gasteiger partial charge in [0.1, 0.15) is 17.2 Å². The molecule has 0 spiro atoms. The van der Waals surface area contributed by atoms with Gasteiger partial charge in [-0.3, -0.25) is 4.40 Å². The maximum Gasteiger partial charge on any atom is 0.182 e. The Morgan fingerprint density at radius 3 is 2.64 bits per heavy atom. The SMILES string of the molecule is CCOc1ccc(N=Nc2c(C)nc3ccc(F)cn23)cc1. The number of nitrogens with zero attached hydrogens (tertiary/aromatic N) is 4. The zero-order chi connectivity index (χ0) is 15.5. The average molecular weight is 298 g/mol. The van der Waals surface area contributed by atoms with Crippen LogP contribution < -0.4 is 4.74 Å². The van der Waals surface area contributed by atoms with E-state index in [9.17, 15) is 4.39 Å². The number of benzene rings is 1. The quantitative estimate of drug-likeness (QED) is 0.661. The zero-order valence-electron chi connectivity index (χ0n) is 12.3. The summed E-state index contributed by atoms with van der Waals surface area (Å²) >= 11 is 0. The lowest BCUT2D eigenvalue weighted by atomic mass is 10.3. The van der Waals surface area contributed by atoms with E-state index in [0.717, 1.165) is 5.75 Å². The molecule has 2 aromatic heterocycles. The third kappa shape index (κ3) is 2.81. The number of ether oxygens (including phenoxy) is 1. The summed E-state index contributed by atoms with van der Waals surface area (Å²) in [6.07, 6.45) is 1.35. The molecule has 0 radical (unpaired) electrons. The fourth-order valence-electron chi connectivity index (χ4n) is 2.13. The van der Waals surface area contributed by atoms with Gasteiger partial charge in [-0.25, -0.2) is 9.37 Å². The predicted molar refractivity (Wildman–Crippen MR) is 81.7 cm³/mol. The Labute approximate surface area is 127 Å². The first kappa shape index (κ1) is 14.2. The van der Waals surface area contributed by atoms with Crippen molar-refractivity contribution in [2.45, 2.75) is 13.8 Å². The van der Waals surface area contributed by atoms with E-state index in [1.807, 2.05) is 38.1 Å². The predicted octanol–water partition coefficient (Wildman–Crippen LogP) is 4.60. The summed E-state index contributed by atoms with van der Waals surface area (Å²) in [5, 5.41) is 8.38. The molecule has 0 saturated heterocycles. The molecule has 0 atom stereocenters. The van der Waals surface area contributed by atoms with Gasteiger partial charge in [0.25, 0.3) is 0 Å². The highest BCUT2D eigenvalue weighted by Crippen LogP contribution is 2.25.